The second kappa shape index (κ2) is 58.1. The molecule has 0 aliphatic heterocycles. The molecule has 0 radical (unpaired) electrons. The number of phosphoric ester groups is 1. The summed E-state index contributed by atoms with van der Waals surface area (Å²) in [5.74, 6) is -0.627. The molecule has 10 heteroatoms. The largest absolute Gasteiger partial charge is 0.472 e. The molecule has 0 aromatic heterocycles. The Bertz CT molecular complexity index is 1880. The predicted molar refractivity (Wildman–Crippen MR) is 346 cm³/mol. The van der Waals surface area contributed by atoms with Gasteiger partial charge in [-0.05, 0) is 115 Å². The molecule has 454 valence electrons. The second-order valence-corrected chi connectivity index (χ2v) is 23.3. The highest BCUT2D eigenvalue weighted by molar-refractivity contribution is 7.47. The van der Waals surface area contributed by atoms with E-state index in [1.54, 1.807) is 0 Å². The minimum absolute atomic E-state index is 0.0182. The summed E-state index contributed by atoms with van der Waals surface area (Å²) in [6.45, 7) is 6.71. The third kappa shape index (κ3) is 58.5. The lowest BCUT2D eigenvalue weighted by atomic mass is 10.0. The number of nitrogens with one attached hydrogen (secondary N) is 1. The number of phosphoric acid groups is 1. The van der Waals surface area contributed by atoms with Crippen LogP contribution in [0.5, 0.6) is 0 Å². The summed E-state index contributed by atoms with van der Waals surface area (Å²) in [5, 5.41) is 3.03. The van der Waals surface area contributed by atoms with Gasteiger partial charge in [-0.25, -0.2) is 4.57 Å². The van der Waals surface area contributed by atoms with Gasteiger partial charge in [0.15, 0.2) is 0 Å². The second-order valence-electron chi connectivity index (χ2n) is 21.8. The molecule has 0 saturated heterocycles. The summed E-state index contributed by atoms with van der Waals surface area (Å²) in [5.41, 5.74) is 0. The van der Waals surface area contributed by atoms with Gasteiger partial charge in [-0.2, -0.15) is 0 Å². The highest BCUT2D eigenvalue weighted by Crippen LogP contribution is 2.43. The topological polar surface area (TPSA) is 111 Å². The normalized spacial score (nSPS) is 14.6. The molecule has 80 heavy (non-hydrogen) atoms. The van der Waals surface area contributed by atoms with Crippen LogP contribution in [0.1, 0.15) is 233 Å². The number of carbonyl (C=O) groups excluding carboxylic acids is 2. The quantitative estimate of drug-likeness (QED) is 0.0205. The minimum atomic E-state index is -4.48. The standard InChI is InChI=1S/C70H117N2O7P/c1-7-10-13-16-19-22-25-28-30-32-34-35-36-37-39-40-42-44-47-50-53-56-59-62-69(73)71-67(66-78-80(75,76)77-65-64-72(4,5)6)68(61-58-55-52-49-46-27-24-21-18-15-12-9-3)79-70(74)63-60-57-54-51-48-45-43-41-38-33-31-29-26-23-20-17-14-11-8-2/h10-11,13-14,19-20,22-23,28-31,34-35,37-39,41,45,48,54,57-58,61,67-68H,7-9,12,15-18,21,24-27,32-33,36,40,42-44,46-47,49-53,55-56,59-60,62-66H2,1-6H3,(H-,71,73,75,76)/p+1/b13-10-,14-11-,22-19-,23-20-,30-28-,31-29-,35-34-,39-37-,41-38-,48-45-,57-54-,61-58-. The molecule has 3 unspecified atom stereocenters. The molecule has 0 saturated carbocycles. The lowest BCUT2D eigenvalue weighted by Crippen LogP contribution is -2.47. The molecule has 0 bridgehead atoms. The summed E-state index contributed by atoms with van der Waals surface area (Å²) in [6.07, 6.45) is 84.3. The number of ether oxygens (including phenoxy) is 1. The van der Waals surface area contributed by atoms with Crippen LogP contribution in [0.3, 0.4) is 0 Å². The molecule has 0 aliphatic carbocycles. The van der Waals surface area contributed by atoms with Gasteiger partial charge in [0, 0.05) is 12.8 Å². The molecule has 3 atom stereocenters. The van der Waals surface area contributed by atoms with Crippen molar-refractivity contribution >= 4 is 19.7 Å². The van der Waals surface area contributed by atoms with Gasteiger partial charge >= 0.3 is 13.8 Å². The van der Waals surface area contributed by atoms with Crippen LogP contribution in [0.4, 0.5) is 0 Å². The maximum atomic E-state index is 13.6. The number of hydrogen-bond acceptors (Lipinski definition) is 6. The number of quaternary nitrogens is 1. The number of esters is 1. The van der Waals surface area contributed by atoms with E-state index in [-0.39, 0.29) is 25.5 Å². The van der Waals surface area contributed by atoms with Crippen molar-refractivity contribution in [2.24, 2.45) is 0 Å². The maximum absolute atomic E-state index is 13.6. The molecule has 9 nitrogen and oxygen atoms in total. The van der Waals surface area contributed by atoms with Crippen LogP contribution in [-0.2, 0) is 27.9 Å². The van der Waals surface area contributed by atoms with Crippen molar-refractivity contribution in [2.75, 3.05) is 40.9 Å². The van der Waals surface area contributed by atoms with E-state index < -0.39 is 25.9 Å². The first-order chi connectivity index (χ1) is 38.9. The summed E-state index contributed by atoms with van der Waals surface area (Å²) in [6, 6.07) is -0.897. The Kier molecular flexibility index (Phi) is 55.1. The lowest BCUT2D eigenvalue weighted by molar-refractivity contribution is -0.870. The zero-order valence-electron chi connectivity index (χ0n) is 51.8. The molecule has 0 aromatic carbocycles. The van der Waals surface area contributed by atoms with E-state index in [0.717, 1.165) is 122 Å². The van der Waals surface area contributed by atoms with Crippen molar-refractivity contribution in [3.8, 4) is 0 Å². The maximum Gasteiger partial charge on any atom is 0.472 e. The molecular weight excluding hydrogens is 1010 g/mol. The van der Waals surface area contributed by atoms with Crippen LogP contribution in [0.15, 0.2) is 146 Å². The molecular formula is C70H118N2O7P+. The van der Waals surface area contributed by atoms with Gasteiger partial charge in [-0.3, -0.25) is 18.6 Å². The molecule has 0 heterocycles. The van der Waals surface area contributed by atoms with Gasteiger partial charge in [0.05, 0.1) is 33.8 Å². The fourth-order valence-corrected chi connectivity index (χ4v) is 8.96. The average Bonchev–Trinajstić information content (AvgIpc) is 3.43. The minimum Gasteiger partial charge on any atom is -0.456 e. The Morgan fingerprint density at radius 3 is 1.23 bits per heavy atom. The Balaban J connectivity index is 5.36. The van der Waals surface area contributed by atoms with Gasteiger partial charge in [0.1, 0.15) is 19.3 Å². The van der Waals surface area contributed by atoms with Crippen molar-refractivity contribution < 1.29 is 37.3 Å². The number of nitrogens with zero attached hydrogens (tertiary/aromatic N) is 1. The van der Waals surface area contributed by atoms with Gasteiger partial charge in [0.2, 0.25) is 5.91 Å². The first-order valence-corrected chi connectivity index (χ1v) is 33.2. The summed E-state index contributed by atoms with van der Waals surface area (Å²) in [4.78, 5) is 37.7. The molecule has 0 fully saturated rings. The molecule has 0 rings (SSSR count). The number of unbranched alkanes of at least 4 members (excludes halogenated alkanes) is 17. The zero-order valence-corrected chi connectivity index (χ0v) is 52.7. The van der Waals surface area contributed by atoms with Crippen molar-refractivity contribution in [2.45, 2.75) is 245 Å². The van der Waals surface area contributed by atoms with E-state index in [9.17, 15) is 19.0 Å². The van der Waals surface area contributed by atoms with E-state index in [1.165, 1.54) is 70.6 Å². The number of amides is 1. The van der Waals surface area contributed by atoms with Crippen LogP contribution < -0.4 is 5.32 Å². The number of allylic oxidation sites excluding steroid dienone is 23. The molecule has 2 N–H and O–H groups in total. The first-order valence-electron chi connectivity index (χ1n) is 31.7. The van der Waals surface area contributed by atoms with E-state index in [0.29, 0.717) is 23.9 Å². The summed E-state index contributed by atoms with van der Waals surface area (Å²) in [7, 11) is 1.43. The number of rotatable bonds is 55. The summed E-state index contributed by atoms with van der Waals surface area (Å²) >= 11 is 0. The number of hydrogen-bond donors (Lipinski definition) is 2. The third-order valence-electron chi connectivity index (χ3n) is 13.0. The van der Waals surface area contributed by atoms with Gasteiger partial charge in [0.25, 0.3) is 0 Å². The van der Waals surface area contributed by atoms with Crippen LogP contribution >= 0.6 is 7.82 Å². The highest BCUT2D eigenvalue weighted by Gasteiger charge is 2.30. The Morgan fingerprint density at radius 1 is 0.450 bits per heavy atom. The van der Waals surface area contributed by atoms with E-state index >= 15 is 0 Å². The lowest BCUT2D eigenvalue weighted by Gasteiger charge is -2.27. The third-order valence-corrected chi connectivity index (χ3v) is 14.0. The van der Waals surface area contributed by atoms with Crippen LogP contribution in [0.2, 0.25) is 0 Å². The van der Waals surface area contributed by atoms with E-state index in [1.807, 2.05) is 39.4 Å². The Morgan fingerprint density at radius 2 is 0.812 bits per heavy atom. The van der Waals surface area contributed by atoms with Crippen molar-refractivity contribution in [1.29, 1.82) is 0 Å². The SMILES string of the molecule is CC/C=C\C/C=C\C/C=C\C/C=C\C/C=C\C/C=C\CCC(=O)OC(/C=C\CCCCCCCCCCCC)C(COP(=O)(O)OCC[N+](C)(C)C)NC(=O)CCCCCCCCC/C=C\C/C=C\C/C=C\C/C=C\C/C=C\CC. The predicted octanol–water partition coefficient (Wildman–Crippen LogP) is 19.8. The fraction of sp³-hybridized carbons (Fsp3) is 0.629. The van der Waals surface area contributed by atoms with Crippen molar-refractivity contribution in [3.63, 3.8) is 0 Å². The zero-order chi connectivity index (χ0) is 58.6. The van der Waals surface area contributed by atoms with Crippen LogP contribution in [0.25, 0.3) is 0 Å². The monoisotopic (exact) mass is 1130 g/mol. The smallest absolute Gasteiger partial charge is 0.456 e. The number of likely N-dealkylation sites (N-methyl/N-ethyl adjacent to an activating group) is 1. The Hall–Kier alpha value is -4.11. The van der Waals surface area contributed by atoms with Gasteiger partial charge in [-0.15, -0.1) is 0 Å². The van der Waals surface area contributed by atoms with Crippen LogP contribution in [-0.4, -0.2) is 74.3 Å². The average molecular weight is 1130 g/mol. The van der Waals surface area contributed by atoms with E-state index in [4.69, 9.17) is 13.8 Å². The first kappa shape index (κ1) is 75.9. The van der Waals surface area contributed by atoms with Crippen LogP contribution in [0, 0.1) is 0 Å². The van der Waals surface area contributed by atoms with Gasteiger partial charge in [-0.1, -0.05) is 250 Å². The summed E-state index contributed by atoms with van der Waals surface area (Å²) < 4.78 is 30.6. The Labute approximate surface area is 491 Å². The molecule has 1 amide bonds. The highest BCUT2D eigenvalue weighted by atomic mass is 31.2. The van der Waals surface area contributed by atoms with E-state index in [2.05, 4.69) is 154 Å². The number of carbonyl (C=O) groups is 2. The fourth-order valence-electron chi connectivity index (χ4n) is 8.23. The van der Waals surface area contributed by atoms with Crippen molar-refractivity contribution in [3.05, 3.63) is 146 Å². The van der Waals surface area contributed by atoms with Crippen molar-refractivity contribution in [1.82, 2.24) is 5.32 Å². The molecule has 0 aliphatic rings. The molecule has 0 aromatic rings. The van der Waals surface area contributed by atoms with Gasteiger partial charge < -0.3 is 19.4 Å². The molecule has 0 spiro atoms.